The number of hydrogen-bond acceptors (Lipinski definition) is 4. The highest BCUT2D eigenvalue weighted by molar-refractivity contribution is 7.10. The lowest BCUT2D eigenvalue weighted by molar-refractivity contribution is 0.0635. The van der Waals surface area contributed by atoms with Crippen molar-refractivity contribution in [2.24, 2.45) is 0 Å². The van der Waals surface area contributed by atoms with Gasteiger partial charge in [0.25, 0.3) is 5.91 Å². The number of nitrogens with zero attached hydrogens (tertiary/aromatic N) is 2. The van der Waals surface area contributed by atoms with Gasteiger partial charge in [-0.1, -0.05) is 11.8 Å². The van der Waals surface area contributed by atoms with Gasteiger partial charge in [-0.2, -0.15) is 0 Å². The molecule has 0 saturated carbocycles. The van der Waals surface area contributed by atoms with E-state index in [-0.39, 0.29) is 12.5 Å². The number of carbonyl (C=O) groups is 1. The Labute approximate surface area is 130 Å². The molecule has 1 N–H and O–H groups in total. The molecule has 0 spiro atoms. The summed E-state index contributed by atoms with van der Waals surface area (Å²) in [4.78, 5) is 17.6. The second-order valence-corrected chi connectivity index (χ2v) is 6.40. The minimum absolute atomic E-state index is 0.0733. The van der Waals surface area contributed by atoms with Crippen LogP contribution in [0.2, 0.25) is 0 Å². The van der Waals surface area contributed by atoms with Gasteiger partial charge in [0.05, 0.1) is 17.0 Å². The van der Waals surface area contributed by atoms with Crippen LogP contribution in [0.3, 0.4) is 0 Å². The maximum Gasteiger partial charge on any atom is 0.254 e. The molecule has 1 saturated heterocycles. The highest BCUT2D eigenvalue weighted by Crippen LogP contribution is 2.20. The molecule has 1 aromatic rings. The number of hydrogen-bond donors (Lipinski definition) is 1. The number of piperidine rings is 1. The van der Waals surface area contributed by atoms with Crippen LogP contribution in [-0.4, -0.2) is 60.6 Å². The third-order valence-corrected chi connectivity index (χ3v) is 4.55. The fraction of sp³-hybridized carbons (Fsp3) is 0.562. The minimum Gasteiger partial charge on any atom is -0.395 e. The van der Waals surface area contributed by atoms with E-state index < -0.39 is 0 Å². The monoisotopic (exact) mass is 306 g/mol. The molecule has 0 aliphatic carbocycles. The second-order valence-electron chi connectivity index (χ2n) is 5.49. The van der Waals surface area contributed by atoms with Crippen molar-refractivity contribution in [1.29, 1.82) is 0 Å². The van der Waals surface area contributed by atoms with Gasteiger partial charge in [0.15, 0.2) is 0 Å². The van der Waals surface area contributed by atoms with Gasteiger partial charge < -0.3 is 14.9 Å². The number of amides is 1. The topological polar surface area (TPSA) is 43.8 Å². The van der Waals surface area contributed by atoms with E-state index in [9.17, 15) is 4.79 Å². The van der Waals surface area contributed by atoms with Gasteiger partial charge in [0.1, 0.15) is 0 Å². The molecular formula is C16H22N2O2S. The molecule has 1 aromatic heterocycles. The molecular weight excluding hydrogens is 284 g/mol. The van der Waals surface area contributed by atoms with Crippen molar-refractivity contribution in [1.82, 2.24) is 9.80 Å². The number of aliphatic hydroxyl groups excluding tert-OH is 1. The van der Waals surface area contributed by atoms with Gasteiger partial charge >= 0.3 is 0 Å². The first-order valence-corrected chi connectivity index (χ1v) is 8.13. The summed E-state index contributed by atoms with van der Waals surface area (Å²) < 4.78 is 0. The molecule has 21 heavy (non-hydrogen) atoms. The van der Waals surface area contributed by atoms with Crippen LogP contribution in [0.15, 0.2) is 11.4 Å². The number of carbonyl (C=O) groups excluding carboxylic acids is 1. The van der Waals surface area contributed by atoms with Crippen molar-refractivity contribution in [2.45, 2.75) is 25.3 Å². The third-order valence-electron chi connectivity index (χ3n) is 3.71. The Bertz CT molecular complexity index is 542. The van der Waals surface area contributed by atoms with Crippen molar-refractivity contribution < 1.29 is 9.90 Å². The van der Waals surface area contributed by atoms with E-state index in [1.807, 2.05) is 16.3 Å². The van der Waals surface area contributed by atoms with Crippen LogP contribution in [-0.2, 0) is 0 Å². The predicted octanol–water partition coefficient (Wildman–Crippen LogP) is 1.65. The van der Waals surface area contributed by atoms with E-state index in [0.717, 1.165) is 36.4 Å². The second kappa shape index (κ2) is 7.60. The van der Waals surface area contributed by atoms with Crippen LogP contribution in [0.4, 0.5) is 0 Å². The van der Waals surface area contributed by atoms with Gasteiger partial charge in [-0.15, -0.1) is 11.3 Å². The van der Waals surface area contributed by atoms with Crippen molar-refractivity contribution in [3.05, 3.63) is 21.9 Å². The molecule has 0 radical (unpaired) electrons. The lowest BCUT2D eigenvalue weighted by Gasteiger charge is -2.36. The molecule has 0 aromatic carbocycles. The Morgan fingerprint density at radius 2 is 2.38 bits per heavy atom. The Kier molecular flexibility index (Phi) is 5.80. The quantitative estimate of drug-likeness (QED) is 0.864. The van der Waals surface area contributed by atoms with Crippen LogP contribution < -0.4 is 0 Å². The van der Waals surface area contributed by atoms with E-state index in [1.54, 1.807) is 0 Å². The highest BCUT2D eigenvalue weighted by atomic mass is 32.1. The molecule has 1 fully saturated rings. The van der Waals surface area contributed by atoms with Crippen LogP contribution in [0.1, 0.15) is 34.5 Å². The number of likely N-dealkylation sites (tertiary alicyclic amines) is 1. The largest absolute Gasteiger partial charge is 0.395 e. The van der Waals surface area contributed by atoms with Crippen LogP contribution >= 0.6 is 11.3 Å². The molecule has 2 heterocycles. The molecule has 1 unspecified atom stereocenters. The fourth-order valence-electron chi connectivity index (χ4n) is 2.46. The van der Waals surface area contributed by atoms with E-state index in [4.69, 9.17) is 5.11 Å². The number of likely N-dealkylation sites (N-methyl/N-ethyl adjacent to an activating group) is 1. The van der Waals surface area contributed by atoms with Gasteiger partial charge in [-0.25, -0.2) is 0 Å². The summed E-state index contributed by atoms with van der Waals surface area (Å²) in [5, 5.41) is 10.6. The SMILES string of the molecule is CN(C)C1CCCN(C(=O)c2csc(C#CCCO)c2)C1. The Morgan fingerprint density at radius 3 is 3.10 bits per heavy atom. The normalized spacial score (nSPS) is 18.5. The zero-order chi connectivity index (χ0) is 15.2. The van der Waals surface area contributed by atoms with Crippen molar-refractivity contribution in [2.75, 3.05) is 33.8 Å². The number of thiophene rings is 1. The molecule has 114 valence electrons. The van der Waals surface area contributed by atoms with Crippen LogP contribution in [0, 0.1) is 11.8 Å². The maximum absolute atomic E-state index is 12.5. The first-order valence-electron chi connectivity index (χ1n) is 7.25. The summed E-state index contributed by atoms with van der Waals surface area (Å²) in [6.07, 6.45) is 2.68. The molecule has 0 bridgehead atoms. The third kappa shape index (κ3) is 4.31. The molecule has 1 amide bonds. The Balaban J connectivity index is 2.01. The van der Waals surface area contributed by atoms with Crippen LogP contribution in [0.25, 0.3) is 0 Å². The first kappa shape index (κ1) is 16.0. The van der Waals surface area contributed by atoms with E-state index in [0.29, 0.717) is 12.5 Å². The molecule has 1 aliphatic heterocycles. The summed E-state index contributed by atoms with van der Waals surface area (Å²) in [7, 11) is 4.14. The summed E-state index contributed by atoms with van der Waals surface area (Å²) >= 11 is 1.49. The zero-order valence-electron chi connectivity index (χ0n) is 12.6. The molecule has 1 atom stereocenters. The van der Waals surface area contributed by atoms with E-state index >= 15 is 0 Å². The van der Waals surface area contributed by atoms with Crippen LogP contribution in [0.5, 0.6) is 0 Å². The average molecular weight is 306 g/mol. The highest BCUT2D eigenvalue weighted by Gasteiger charge is 2.25. The summed E-state index contributed by atoms with van der Waals surface area (Å²) in [5.41, 5.74) is 0.729. The lowest BCUT2D eigenvalue weighted by Crippen LogP contribution is -2.47. The Hall–Kier alpha value is -1.35. The van der Waals surface area contributed by atoms with E-state index in [2.05, 4.69) is 30.8 Å². The summed E-state index contributed by atoms with van der Waals surface area (Å²) in [6.45, 7) is 1.71. The maximum atomic E-state index is 12.5. The molecule has 4 nitrogen and oxygen atoms in total. The standard InChI is InChI=1S/C16H22N2O2S/c1-17(2)14-6-5-8-18(11-14)16(20)13-10-15(21-12-13)7-3-4-9-19/h10,12,14,19H,4-6,8-9,11H2,1-2H3. The predicted molar refractivity (Wildman–Crippen MR) is 85.5 cm³/mol. The van der Waals surface area contributed by atoms with Gasteiger partial charge in [0, 0.05) is 30.9 Å². The lowest BCUT2D eigenvalue weighted by atomic mass is 10.0. The van der Waals surface area contributed by atoms with Gasteiger partial charge in [-0.3, -0.25) is 4.79 Å². The number of aliphatic hydroxyl groups is 1. The molecule has 5 heteroatoms. The molecule has 2 rings (SSSR count). The molecule has 1 aliphatic rings. The number of rotatable bonds is 3. The van der Waals surface area contributed by atoms with Crippen molar-refractivity contribution in [3.63, 3.8) is 0 Å². The summed E-state index contributed by atoms with van der Waals surface area (Å²) in [5.74, 6) is 5.97. The zero-order valence-corrected chi connectivity index (χ0v) is 13.4. The van der Waals surface area contributed by atoms with Crippen molar-refractivity contribution in [3.8, 4) is 11.8 Å². The van der Waals surface area contributed by atoms with Gasteiger partial charge in [0.2, 0.25) is 0 Å². The smallest absolute Gasteiger partial charge is 0.254 e. The average Bonchev–Trinajstić information content (AvgIpc) is 2.96. The minimum atomic E-state index is 0.0733. The van der Waals surface area contributed by atoms with E-state index in [1.165, 1.54) is 11.3 Å². The van der Waals surface area contributed by atoms with Gasteiger partial charge in [-0.05, 0) is 33.0 Å². The fourth-order valence-corrected chi connectivity index (χ4v) is 3.21. The van der Waals surface area contributed by atoms with Crippen molar-refractivity contribution >= 4 is 17.2 Å². The first-order chi connectivity index (χ1) is 10.1. The Morgan fingerprint density at radius 1 is 1.57 bits per heavy atom. The summed E-state index contributed by atoms with van der Waals surface area (Å²) in [6, 6.07) is 2.31.